The molecule has 60 valence electrons. The average Bonchev–Trinajstić information content (AvgIpc) is 1.59. The Kier molecular flexibility index (Phi) is 2.70. The van der Waals surface area contributed by atoms with Crippen LogP contribution >= 0.6 is 27.5 Å². The van der Waals surface area contributed by atoms with E-state index in [1.54, 1.807) is 15.9 Å². The number of rotatable bonds is 1. The van der Waals surface area contributed by atoms with Crippen LogP contribution in [0.1, 0.15) is 0 Å². The fourth-order valence-electron chi connectivity index (χ4n) is 0.161. The Morgan fingerprint density at radius 2 is 1.60 bits per heavy atom. The second kappa shape index (κ2) is 2.65. The molecule has 0 aromatic carbocycles. The first-order valence-corrected chi connectivity index (χ1v) is 3.01. The van der Waals surface area contributed by atoms with Crippen molar-refractivity contribution < 1.29 is 22.4 Å². The van der Waals surface area contributed by atoms with Crippen molar-refractivity contribution in [3.63, 3.8) is 0 Å². The molecule has 0 aliphatic rings. The summed E-state index contributed by atoms with van der Waals surface area (Å²) < 4.78 is 42.1. The molecular weight excluding hydrogens is 243 g/mol. The zero-order valence-corrected chi connectivity index (χ0v) is 6.52. The Labute approximate surface area is 66.5 Å². The van der Waals surface area contributed by atoms with Crippen molar-refractivity contribution in [2.45, 2.75) is 10.2 Å². The highest BCUT2D eigenvalue weighted by Gasteiger charge is 2.51. The van der Waals surface area contributed by atoms with Crippen molar-refractivity contribution in [3.05, 3.63) is 0 Å². The normalized spacial score (nSPS) is 18.2. The van der Waals surface area contributed by atoms with E-state index in [0.29, 0.717) is 0 Å². The molecule has 0 saturated heterocycles. The predicted molar refractivity (Wildman–Crippen MR) is 29.7 cm³/mol. The van der Waals surface area contributed by atoms with E-state index < -0.39 is 16.0 Å². The first kappa shape index (κ1) is 10.2. The summed E-state index contributed by atoms with van der Waals surface area (Å²) in [6, 6.07) is 0. The summed E-state index contributed by atoms with van der Waals surface area (Å²) in [6.07, 6.45) is -5.25. The van der Waals surface area contributed by atoms with Crippen molar-refractivity contribution in [1.29, 1.82) is 0 Å². The van der Waals surface area contributed by atoms with E-state index in [0.717, 1.165) is 0 Å². The second-order valence-corrected chi connectivity index (χ2v) is 3.39. The predicted octanol–water partition coefficient (Wildman–Crippen LogP) is 2.37. The van der Waals surface area contributed by atoms with Crippen molar-refractivity contribution in [3.8, 4) is 0 Å². The number of carbonyl (C=O) groups is 1. The number of alkyl halides is 6. The molecule has 0 aromatic heterocycles. The van der Waals surface area contributed by atoms with Gasteiger partial charge in [-0.05, 0) is 15.9 Å². The van der Waals surface area contributed by atoms with Crippen LogP contribution in [-0.4, -0.2) is 16.0 Å². The van der Waals surface area contributed by atoms with Crippen LogP contribution in [0.3, 0.4) is 0 Å². The third-order valence-electron chi connectivity index (χ3n) is 0.515. The van der Waals surface area contributed by atoms with Gasteiger partial charge in [0.25, 0.3) is 5.78 Å². The standard InChI is InChI=1S/C3BrClF4O/c4-2(5,6)1(10)3(7,8)9. The van der Waals surface area contributed by atoms with E-state index in [1.165, 1.54) is 0 Å². The molecule has 1 atom stereocenters. The summed E-state index contributed by atoms with van der Waals surface area (Å²) in [7, 11) is 0. The molecule has 0 heterocycles. The summed E-state index contributed by atoms with van der Waals surface area (Å²) in [6.45, 7) is 0. The number of ketones is 1. The molecule has 0 fully saturated rings. The molecule has 10 heavy (non-hydrogen) atoms. The first-order valence-electron chi connectivity index (χ1n) is 1.84. The highest BCUT2D eigenvalue weighted by atomic mass is 79.9. The summed E-state index contributed by atoms with van der Waals surface area (Å²) in [5.74, 6) is -2.67. The monoisotopic (exact) mass is 242 g/mol. The van der Waals surface area contributed by atoms with Gasteiger partial charge in [0, 0.05) is 0 Å². The molecule has 0 amide bonds. The van der Waals surface area contributed by atoms with E-state index in [1.807, 2.05) is 0 Å². The Balaban J connectivity index is 4.40. The van der Waals surface area contributed by atoms with E-state index in [4.69, 9.17) is 0 Å². The average molecular weight is 243 g/mol. The third-order valence-corrected chi connectivity index (χ3v) is 1.05. The van der Waals surface area contributed by atoms with Crippen LogP contribution in [0.25, 0.3) is 0 Å². The highest BCUT2D eigenvalue weighted by Crippen LogP contribution is 2.34. The van der Waals surface area contributed by atoms with Crippen molar-refractivity contribution in [2.24, 2.45) is 0 Å². The second-order valence-electron chi connectivity index (χ2n) is 1.32. The lowest BCUT2D eigenvalue weighted by molar-refractivity contribution is -0.174. The molecule has 7 heteroatoms. The molecule has 0 saturated carbocycles. The maximum absolute atomic E-state index is 11.9. The van der Waals surface area contributed by atoms with Crippen molar-refractivity contribution in [1.82, 2.24) is 0 Å². The summed E-state index contributed by atoms with van der Waals surface area (Å²) in [4.78, 5) is 9.81. The van der Waals surface area contributed by atoms with Gasteiger partial charge >= 0.3 is 10.2 Å². The van der Waals surface area contributed by atoms with Gasteiger partial charge < -0.3 is 0 Å². The number of carbonyl (C=O) groups excluding carboxylic acids is 1. The van der Waals surface area contributed by atoms with Gasteiger partial charge in [-0.2, -0.15) is 13.2 Å². The molecule has 0 aromatic rings. The fraction of sp³-hybridized carbons (Fsp3) is 0.667. The zero-order chi connectivity index (χ0) is 8.58. The Morgan fingerprint density at radius 1 is 1.30 bits per heavy atom. The van der Waals surface area contributed by atoms with Crippen LogP contribution < -0.4 is 0 Å². The molecule has 0 aliphatic carbocycles. The molecule has 0 N–H and O–H groups in total. The maximum atomic E-state index is 11.9. The molecule has 0 bridgehead atoms. The quantitative estimate of drug-likeness (QED) is 0.510. The van der Waals surface area contributed by atoms with Gasteiger partial charge in [0.15, 0.2) is 0 Å². The summed E-state index contributed by atoms with van der Waals surface area (Å²) in [5.41, 5.74) is 0. The van der Waals surface area contributed by atoms with Gasteiger partial charge in [0.2, 0.25) is 0 Å². The zero-order valence-electron chi connectivity index (χ0n) is 4.18. The van der Waals surface area contributed by atoms with Crippen LogP contribution in [0, 0.1) is 0 Å². The minimum atomic E-state index is -5.25. The lowest BCUT2D eigenvalue weighted by atomic mass is 10.4. The smallest absolute Gasteiger partial charge is 0.283 e. The summed E-state index contributed by atoms with van der Waals surface area (Å²) in [5, 5.41) is 0. The van der Waals surface area contributed by atoms with Crippen LogP contribution in [0.4, 0.5) is 17.6 Å². The maximum Gasteiger partial charge on any atom is 0.455 e. The Hall–Kier alpha value is 0.160. The largest absolute Gasteiger partial charge is 0.455 e. The minimum Gasteiger partial charge on any atom is -0.283 e. The number of hydrogen-bond donors (Lipinski definition) is 0. The van der Waals surface area contributed by atoms with E-state index in [-0.39, 0.29) is 0 Å². The third kappa shape index (κ3) is 2.83. The van der Waals surface area contributed by atoms with E-state index in [2.05, 4.69) is 11.6 Å². The molecule has 1 nitrogen and oxygen atoms in total. The number of halogens is 6. The number of Topliss-reactive ketones (excluding diaryl/α,β-unsaturated/α-hetero) is 1. The van der Waals surface area contributed by atoms with E-state index >= 15 is 0 Å². The SMILES string of the molecule is O=C(C(F)(F)F)C(F)(Cl)Br. The highest BCUT2D eigenvalue weighted by molar-refractivity contribution is 9.10. The lowest BCUT2D eigenvalue weighted by Gasteiger charge is -2.09. The van der Waals surface area contributed by atoms with Crippen LogP contribution in [0.5, 0.6) is 0 Å². The first-order chi connectivity index (χ1) is 4.15. The van der Waals surface area contributed by atoms with Crippen LogP contribution in [-0.2, 0) is 4.79 Å². The minimum absolute atomic E-state index is 1.71. The van der Waals surface area contributed by atoms with Crippen LogP contribution in [0.2, 0.25) is 0 Å². The van der Waals surface area contributed by atoms with Gasteiger partial charge in [-0.25, -0.2) is 4.39 Å². The van der Waals surface area contributed by atoms with Gasteiger partial charge in [-0.3, -0.25) is 4.79 Å². The van der Waals surface area contributed by atoms with Crippen molar-refractivity contribution >= 4 is 33.3 Å². The fourth-order valence-corrected chi connectivity index (χ4v) is 0.493. The molecule has 0 spiro atoms. The lowest BCUT2D eigenvalue weighted by Crippen LogP contribution is -2.34. The Bertz CT molecular complexity index is 132. The molecule has 0 aliphatic heterocycles. The van der Waals surface area contributed by atoms with Gasteiger partial charge in [0.05, 0.1) is 0 Å². The van der Waals surface area contributed by atoms with Crippen molar-refractivity contribution in [2.75, 3.05) is 0 Å². The van der Waals surface area contributed by atoms with Gasteiger partial charge in [0.1, 0.15) is 0 Å². The van der Waals surface area contributed by atoms with Gasteiger partial charge in [-0.15, -0.1) is 0 Å². The number of hydrogen-bond acceptors (Lipinski definition) is 1. The molecule has 0 radical (unpaired) electrons. The topological polar surface area (TPSA) is 17.1 Å². The molecule has 1 unspecified atom stereocenters. The summed E-state index contributed by atoms with van der Waals surface area (Å²) >= 11 is 6.06. The molecular formula is C3BrClF4O. The van der Waals surface area contributed by atoms with Crippen LogP contribution in [0.15, 0.2) is 0 Å². The van der Waals surface area contributed by atoms with E-state index in [9.17, 15) is 22.4 Å². The molecule has 0 rings (SSSR count). The van der Waals surface area contributed by atoms with Gasteiger partial charge in [-0.1, -0.05) is 11.6 Å². The Morgan fingerprint density at radius 3 is 1.60 bits per heavy atom.